The highest BCUT2D eigenvalue weighted by molar-refractivity contribution is 6.31. The molecule has 3 rings (SSSR count). The lowest BCUT2D eigenvalue weighted by Gasteiger charge is -2.14. The Bertz CT molecular complexity index is 1200. The Morgan fingerprint density at radius 1 is 1.17 bits per heavy atom. The number of hydrogen-bond donors (Lipinski definition) is 1. The quantitative estimate of drug-likeness (QED) is 0.649. The van der Waals surface area contributed by atoms with Crippen molar-refractivity contribution in [1.29, 1.82) is 0 Å². The number of nitrogens with one attached hydrogen (secondary N) is 1. The summed E-state index contributed by atoms with van der Waals surface area (Å²) in [6, 6.07) is 13.3. The largest absolute Gasteiger partial charge is 0.497 e. The maximum Gasteiger partial charge on any atom is 0.352 e. The third kappa shape index (κ3) is 4.44. The number of halogens is 1. The molecule has 0 atom stereocenters. The van der Waals surface area contributed by atoms with Gasteiger partial charge in [0.2, 0.25) is 5.69 Å². The number of methoxy groups -OCH3 is 1. The van der Waals surface area contributed by atoms with Gasteiger partial charge in [-0.1, -0.05) is 35.9 Å². The second-order valence-electron chi connectivity index (χ2n) is 6.86. The van der Waals surface area contributed by atoms with E-state index in [0.717, 1.165) is 9.25 Å². The second kappa shape index (κ2) is 8.96. The SMILES string of the molecule is COc1cccc(-n2nc(C(=O)NC(C)C)c(=O)n(Cc3ccccc3Cl)c2=O)c1. The van der Waals surface area contributed by atoms with Gasteiger partial charge in [-0.2, -0.15) is 9.78 Å². The van der Waals surface area contributed by atoms with Gasteiger partial charge in [0.15, 0.2) is 0 Å². The number of carbonyl (C=O) groups is 1. The Morgan fingerprint density at radius 2 is 1.90 bits per heavy atom. The summed E-state index contributed by atoms with van der Waals surface area (Å²) >= 11 is 6.21. The molecule has 0 aliphatic heterocycles. The Labute approximate surface area is 177 Å². The fourth-order valence-electron chi connectivity index (χ4n) is 2.83. The van der Waals surface area contributed by atoms with E-state index in [0.29, 0.717) is 22.0 Å². The van der Waals surface area contributed by atoms with Gasteiger partial charge in [-0.25, -0.2) is 4.79 Å². The van der Waals surface area contributed by atoms with Crippen molar-refractivity contribution in [3.63, 3.8) is 0 Å². The number of benzene rings is 2. The van der Waals surface area contributed by atoms with Gasteiger partial charge in [0.1, 0.15) is 5.75 Å². The number of ether oxygens (including phenoxy) is 1. The highest BCUT2D eigenvalue weighted by atomic mass is 35.5. The lowest BCUT2D eigenvalue weighted by Crippen LogP contribution is -2.46. The molecule has 0 aliphatic rings. The zero-order valence-electron chi connectivity index (χ0n) is 16.8. The maximum atomic E-state index is 13.2. The molecule has 1 aromatic heterocycles. The molecule has 30 heavy (non-hydrogen) atoms. The van der Waals surface area contributed by atoms with Crippen LogP contribution in [0.1, 0.15) is 29.9 Å². The first kappa shape index (κ1) is 21.3. The van der Waals surface area contributed by atoms with Crippen LogP contribution >= 0.6 is 11.6 Å². The van der Waals surface area contributed by atoms with E-state index in [1.807, 2.05) is 0 Å². The summed E-state index contributed by atoms with van der Waals surface area (Å²) < 4.78 is 7.16. The molecule has 1 heterocycles. The molecule has 8 nitrogen and oxygen atoms in total. The molecular formula is C21H21ClN4O4. The summed E-state index contributed by atoms with van der Waals surface area (Å²) in [6.45, 7) is 3.42. The molecule has 0 spiro atoms. The van der Waals surface area contributed by atoms with E-state index in [1.165, 1.54) is 7.11 Å². The van der Waals surface area contributed by atoms with Gasteiger partial charge in [-0.3, -0.25) is 14.2 Å². The number of amides is 1. The molecule has 0 radical (unpaired) electrons. The summed E-state index contributed by atoms with van der Waals surface area (Å²) in [6.07, 6.45) is 0. The predicted molar refractivity (Wildman–Crippen MR) is 114 cm³/mol. The van der Waals surface area contributed by atoms with E-state index >= 15 is 0 Å². The summed E-state index contributed by atoms with van der Waals surface area (Å²) in [5, 5.41) is 7.11. The number of aromatic nitrogens is 3. The second-order valence-corrected chi connectivity index (χ2v) is 7.26. The van der Waals surface area contributed by atoms with Gasteiger partial charge < -0.3 is 10.1 Å². The lowest BCUT2D eigenvalue weighted by molar-refractivity contribution is 0.0933. The van der Waals surface area contributed by atoms with Crippen LogP contribution < -0.4 is 21.3 Å². The highest BCUT2D eigenvalue weighted by Crippen LogP contribution is 2.16. The number of hydrogen-bond acceptors (Lipinski definition) is 5. The van der Waals surface area contributed by atoms with E-state index in [2.05, 4.69) is 10.4 Å². The molecule has 1 N–H and O–H groups in total. The summed E-state index contributed by atoms with van der Waals surface area (Å²) in [4.78, 5) is 38.8. The van der Waals surface area contributed by atoms with Crippen molar-refractivity contribution in [3.05, 3.63) is 85.6 Å². The molecule has 156 valence electrons. The van der Waals surface area contributed by atoms with E-state index in [9.17, 15) is 14.4 Å². The molecule has 0 bridgehead atoms. The monoisotopic (exact) mass is 428 g/mol. The summed E-state index contributed by atoms with van der Waals surface area (Å²) in [5.74, 6) is -0.169. The maximum absolute atomic E-state index is 13.2. The van der Waals surface area contributed by atoms with Crippen LogP contribution in [0.25, 0.3) is 5.69 Å². The van der Waals surface area contributed by atoms with E-state index < -0.39 is 22.9 Å². The molecule has 3 aromatic rings. The van der Waals surface area contributed by atoms with E-state index in [4.69, 9.17) is 16.3 Å². The zero-order valence-corrected chi connectivity index (χ0v) is 17.5. The minimum atomic E-state index is -0.794. The van der Waals surface area contributed by atoms with Crippen molar-refractivity contribution >= 4 is 17.5 Å². The average molecular weight is 429 g/mol. The van der Waals surface area contributed by atoms with Gasteiger partial charge >= 0.3 is 5.69 Å². The Balaban J connectivity index is 2.24. The fraction of sp³-hybridized carbons (Fsp3) is 0.238. The Kier molecular flexibility index (Phi) is 6.37. The average Bonchev–Trinajstić information content (AvgIpc) is 2.72. The van der Waals surface area contributed by atoms with Crippen molar-refractivity contribution < 1.29 is 9.53 Å². The highest BCUT2D eigenvalue weighted by Gasteiger charge is 2.21. The lowest BCUT2D eigenvalue weighted by atomic mass is 10.2. The van der Waals surface area contributed by atoms with Crippen molar-refractivity contribution in [2.24, 2.45) is 0 Å². The van der Waals surface area contributed by atoms with Crippen LogP contribution in [0.3, 0.4) is 0 Å². The predicted octanol–water partition coefficient (Wildman–Crippen LogP) is 2.24. The fourth-order valence-corrected chi connectivity index (χ4v) is 3.03. The standard InChI is InChI=1S/C21H21ClN4O4/c1-13(2)23-19(27)18-20(28)25(12-14-7-4-5-10-17(14)22)21(29)26(24-18)15-8-6-9-16(11-15)30-3/h4-11,13H,12H2,1-3H3,(H,23,27). The molecule has 2 aromatic carbocycles. The smallest absolute Gasteiger partial charge is 0.352 e. The third-order valence-electron chi connectivity index (χ3n) is 4.28. The topological polar surface area (TPSA) is 95.2 Å². The Morgan fingerprint density at radius 3 is 2.57 bits per heavy atom. The third-order valence-corrected chi connectivity index (χ3v) is 4.65. The molecular weight excluding hydrogens is 408 g/mol. The van der Waals surface area contributed by atoms with Crippen LogP contribution in [0, 0.1) is 0 Å². The first-order valence-electron chi connectivity index (χ1n) is 9.24. The van der Waals surface area contributed by atoms with Crippen molar-refractivity contribution in [2.75, 3.05) is 7.11 Å². The molecule has 0 fully saturated rings. The molecule has 9 heteroatoms. The number of carbonyl (C=O) groups excluding carboxylic acids is 1. The van der Waals surface area contributed by atoms with Crippen LogP contribution in [-0.4, -0.2) is 33.4 Å². The molecule has 0 saturated heterocycles. The van der Waals surface area contributed by atoms with E-state index in [-0.39, 0.29) is 12.6 Å². The number of rotatable bonds is 6. The Hall–Kier alpha value is -3.39. The molecule has 1 amide bonds. The van der Waals surface area contributed by atoms with Gasteiger partial charge in [0.25, 0.3) is 11.5 Å². The number of nitrogens with zero attached hydrogens (tertiary/aromatic N) is 3. The summed E-state index contributed by atoms with van der Waals surface area (Å²) in [7, 11) is 1.50. The van der Waals surface area contributed by atoms with Crippen molar-refractivity contribution in [1.82, 2.24) is 19.7 Å². The van der Waals surface area contributed by atoms with E-state index in [1.54, 1.807) is 62.4 Å². The van der Waals surface area contributed by atoms with Crippen LogP contribution in [-0.2, 0) is 6.54 Å². The minimum Gasteiger partial charge on any atom is -0.497 e. The molecule has 0 unspecified atom stereocenters. The van der Waals surface area contributed by atoms with Crippen molar-refractivity contribution in [3.8, 4) is 11.4 Å². The van der Waals surface area contributed by atoms with Crippen LogP contribution in [0.15, 0.2) is 58.1 Å². The first-order chi connectivity index (χ1) is 14.3. The van der Waals surface area contributed by atoms with Gasteiger partial charge in [0, 0.05) is 17.1 Å². The van der Waals surface area contributed by atoms with Crippen LogP contribution in [0.5, 0.6) is 5.75 Å². The zero-order chi connectivity index (χ0) is 21.8. The van der Waals surface area contributed by atoms with Crippen molar-refractivity contribution in [2.45, 2.75) is 26.4 Å². The summed E-state index contributed by atoms with van der Waals surface area (Å²) in [5.41, 5.74) is -0.965. The normalized spacial score (nSPS) is 10.8. The molecule has 0 saturated carbocycles. The minimum absolute atomic E-state index is 0.105. The van der Waals surface area contributed by atoms with Gasteiger partial charge in [0.05, 0.1) is 19.3 Å². The van der Waals surface area contributed by atoms with Gasteiger partial charge in [-0.15, -0.1) is 0 Å². The van der Waals surface area contributed by atoms with Gasteiger partial charge in [-0.05, 0) is 37.6 Å². The van der Waals surface area contributed by atoms with Crippen LogP contribution in [0.4, 0.5) is 0 Å². The van der Waals surface area contributed by atoms with Crippen LogP contribution in [0.2, 0.25) is 5.02 Å². The molecule has 0 aliphatic carbocycles. The first-order valence-corrected chi connectivity index (χ1v) is 9.62.